The molecule has 2 N–H and O–H groups in total. The molecule has 0 bridgehead atoms. The molecule has 1 unspecified atom stereocenters. The normalized spacial score (nSPS) is 20.5. The van der Waals surface area contributed by atoms with E-state index < -0.39 is 0 Å². The summed E-state index contributed by atoms with van der Waals surface area (Å²) in [5.41, 5.74) is 3.43. The van der Waals surface area contributed by atoms with Crippen LogP contribution in [0.15, 0.2) is 24.3 Å². The van der Waals surface area contributed by atoms with Gasteiger partial charge in [-0.3, -0.25) is 4.84 Å². The average Bonchev–Trinajstić information content (AvgIpc) is 2.71. The minimum absolute atomic E-state index is 0. The zero-order chi connectivity index (χ0) is 6.97. The zero-order valence-electron chi connectivity index (χ0n) is 5.60. The first kappa shape index (κ1) is 8.66. The van der Waals surface area contributed by atoms with Gasteiger partial charge in [0.25, 0.3) is 0 Å². The number of phenols is 1. The Morgan fingerprint density at radius 2 is 2.00 bits per heavy atom. The van der Waals surface area contributed by atoms with Crippen molar-refractivity contribution in [3.63, 3.8) is 0 Å². The minimum Gasteiger partial charge on any atom is -0.508 e. The van der Waals surface area contributed by atoms with Crippen molar-refractivity contribution < 1.29 is 29.4 Å². The first-order valence-electron chi connectivity index (χ1n) is 3.07. The summed E-state index contributed by atoms with van der Waals surface area (Å²) in [6, 6.07) is 7.10. The Kier molecular flexibility index (Phi) is 2.60. The van der Waals surface area contributed by atoms with E-state index in [0.29, 0.717) is 0 Å². The molecular weight excluding hydrogens is 231 g/mol. The van der Waals surface area contributed by atoms with E-state index in [-0.39, 0.29) is 31.5 Å². The fourth-order valence-electron chi connectivity index (χ4n) is 0.870. The molecule has 0 spiro atoms. The van der Waals surface area contributed by atoms with E-state index in [4.69, 9.17) is 4.84 Å². The number of hydrogen-bond acceptors (Lipinski definition) is 3. The van der Waals surface area contributed by atoms with Crippen LogP contribution in [0, 0.1) is 0 Å². The summed E-state index contributed by atoms with van der Waals surface area (Å²) in [5, 5.41) is 9.20. The van der Waals surface area contributed by atoms with Crippen LogP contribution in [-0.4, -0.2) is 5.11 Å². The molecule has 0 aliphatic carbocycles. The van der Waals surface area contributed by atoms with Gasteiger partial charge >= 0.3 is 0 Å². The maximum absolute atomic E-state index is 9.20. The zero-order valence-corrected chi connectivity index (χ0v) is 7.33. The molecule has 1 saturated heterocycles. The van der Waals surface area contributed by atoms with Gasteiger partial charge in [-0.05, 0) is 6.07 Å². The average molecular weight is 238 g/mol. The summed E-state index contributed by atoms with van der Waals surface area (Å²) in [5.74, 6) is 0.275. The van der Waals surface area contributed by atoms with Gasteiger partial charge in [0, 0.05) is 25.0 Å². The van der Waals surface area contributed by atoms with Crippen LogP contribution in [0.4, 0.5) is 0 Å². The van der Waals surface area contributed by atoms with Crippen LogP contribution < -0.4 is 5.48 Å². The number of aromatic hydroxyl groups is 1. The second-order valence-corrected chi connectivity index (χ2v) is 2.17. The molecule has 0 radical (unpaired) electrons. The van der Waals surface area contributed by atoms with E-state index in [1.807, 2.05) is 12.1 Å². The van der Waals surface area contributed by atoms with Crippen molar-refractivity contribution >= 4 is 0 Å². The van der Waals surface area contributed by atoms with Crippen molar-refractivity contribution in [1.29, 1.82) is 0 Å². The van der Waals surface area contributed by atoms with E-state index in [1.54, 1.807) is 12.1 Å². The first-order valence-corrected chi connectivity index (χ1v) is 3.07. The molecule has 60 valence electrons. The van der Waals surface area contributed by atoms with Crippen molar-refractivity contribution in [2.45, 2.75) is 6.23 Å². The number of hydroxylamine groups is 1. The van der Waals surface area contributed by atoms with Gasteiger partial charge in [0.2, 0.25) is 0 Å². The maximum Gasteiger partial charge on any atom is 0.180 e. The molecule has 0 aromatic heterocycles. The van der Waals surface area contributed by atoms with Crippen molar-refractivity contribution in [3.8, 4) is 5.75 Å². The third-order valence-electron chi connectivity index (χ3n) is 1.45. The van der Waals surface area contributed by atoms with Crippen LogP contribution in [0.5, 0.6) is 5.75 Å². The molecule has 1 heterocycles. The molecule has 4 heteroatoms. The molecule has 2 rings (SSSR count). The Hall–Kier alpha value is -0.437. The van der Waals surface area contributed by atoms with Gasteiger partial charge in [0.15, 0.2) is 6.23 Å². The summed E-state index contributed by atoms with van der Waals surface area (Å²) < 4.78 is 0. The smallest absolute Gasteiger partial charge is 0.180 e. The fourth-order valence-corrected chi connectivity index (χ4v) is 0.870. The topological polar surface area (TPSA) is 54.7 Å². The molecule has 0 amide bonds. The van der Waals surface area contributed by atoms with Crippen LogP contribution in [0.3, 0.4) is 0 Å². The number of nitrogens with one attached hydrogen (secondary N) is 1. The summed E-state index contributed by atoms with van der Waals surface area (Å²) in [7, 11) is 0. The van der Waals surface area contributed by atoms with E-state index in [1.165, 1.54) is 0 Å². The van der Waals surface area contributed by atoms with Crippen molar-refractivity contribution in [2.75, 3.05) is 0 Å². The molecule has 1 aromatic rings. The Bertz CT molecular complexity index is 250. The molecule has 1 fully saturated rings. The van der Waals surface area contributed by atoms with Gasteiger partial charge in [-0.25, -0.2) is 0 Å². The van der Waals surface area contributed by atoms with Crippen LogP contribution in [0.2, 0.25) is 0 Å². The second kappa shape index (κ2) is 3.31. The summed E-state index contributed by atoms with van der Waals surface area (Å²) in [6.07, 6.45) is -0.0961. The number of phenolic OH excluding ortho intramolecular Hbond substituents is 1. The van der Waals surface area contributed by atoms with Gasteiger partial charge in [0.05, 0.1) is 0 Å². The third kappa shape index (κ3) is 1.77. The van der Waals surface area contributed by atoms with Gasteiger partial charge in [-0.15, -0.1) is 0 Å². The van der Waals surface area contributed by atoms with Crippen molar-refractivity contribution in [3.05, 3.63) is 29.8 Å². The number of benzene rings is 1. The summed E-state index contributed by atoms with van der Waals surface area (Å²) in [4.78, 5) is 4.77. The fraction of sp³-hybridized carbons (Fsp3) is 0.143. The summed E-state index contributed by atoms with van der Waals surface area (Å²) in [6.45, 7) is 0. The van der Waals surface area contributed by atoms with Crippen molar-refractivity contribution in [1.82, 2.24) is 5.48 Å². The molecule has 11 heavy (non-hydrogen) atoms. The Balaban J connectivity index is 0.000000605. The SMILES string of the molecule is Oc1ccccc1C1NO1.[Ru]. The van der Waals surface area contributed by atoms with Gasteiger partial charge in [0.1, 0.15) is 5.75 Å². The Labute approximate surface area is 77.1 Å². The standard InChI is InChI=1S/C7H7NO2.Ru/c9-6-4-2-1-3-5(6)7-8-10-7;/h1-4,7-9H;. The number of hydrogen-bond donors (Lipinski definition) is 2. The molecule has 1 aliphatic heterocycles. The molecule has 1 aliphatic rings. The molecule has 1 atom stereocenters. The van der Waals surface area contributed by atoms with E-state index in [2.05, 4.69) is 5.48 Å². The van der Waals surface area contributed by atoms with Crippen LogP contribution in [-0.2, 0) is 24.3 Å². The molecule has 1 aromatic carbocycles. The van der Waals surface area contributed by atoms with Crippen LogP contribution >= 0.6 is 0 Å². The Morgan fingerprint density at radius 1 is 1.36 bits per heavy atom. The van der Waals surface area contributed by atoms with E-state index >= 15 is 0 Å². The Morgan fingerprint density at radius 3 is 2.55 bits per heavy atom. The quantitative estimate of drug-likeness (QED) is 0.565. The van der Waals surface area contributed by atoms with Gasteiger partial charge < -0.3 is 5.11 Å². The maximum atomic E-state index is 9.20. The molecule has 3 nitrogen and oxygen atoms in total. The van der Waals surface area contributed by atoms with Crippen LogP contribution in [0.1, 0.15) is 11.8 Å². The monoisotopic (exact) mass is 239 g/mol. The third-order valence-corrected chi connectivity index (χ3v) is 1.45. The van der Waals surface area contributed by atoms with Crippen LogP contribution in [0.25, 0.3) is 0 Å². The molecular formula is C7H7NO2Ru. The van der Waals surface area contributed by atoms with E-state index in [9.17, 15) is 5.11 Å². The van der Waals surface area contributed by atoms with Gasteiger partial charge in [-0.1, -0.05) is 18.2 Å². The predicted octanol–water partition coefficient (Wildman–Crippen LogP) is 0.923. The van der Waals surface area contributed by atoms with Gasteiger partial charge in [-0.2, -0.15) is 5.48 Å². The molecule has 0 saturated carbocycles. The number of para-hydroxylation sites is 1. The van der Waals surface area contributed by atoms with Crippen molar-refractivity contribution in [2.24, 2.45) is 0 Å². The number of rotatable bonds is 1. The largest absolute Gasteiger partial charge is 0.508 e. The predicted molar refractivity (Wildman–Crippen MR) is 35.1 cm³/mol. The summed E-state index contributed by atoms with van der Waals surface area (Å²) >= 11 is 0. The minimum atomic E-state index is -0.0961. The second-order valence-electron chi connectivity index (χ2n) is 2.17. The first-order chi connectivity index (χ1) is 4.88. The van der Waals surface area contributed by atoms with E-state index in [0.717, 1.165) is 5.56 Å².